The zero-order valence-electron chi connectivity index (χ0n) is 14.8. The fourth-order valence-electron chi connectivity index (χ4n) is 2.86. The molecule has 1 atom stereocenters. The number of nitrogens with one attached hydrogen (secondary N) is 1. The highest BCUT2D eigenvalue weighted by molar-refractivity contribution is 6.00. The predicted molar refractivity (Wildman–Crippen MR) is 98.3 cm³/mol. The van der Waals surface area contributed by atoms with Crippen molar-refractivity contribution in [3.63, 3.8) is 0 Å². The molecule has 0 radical (unpaired) electrons. The minimum atomic E-state index is -0.390. The molecular weight excluding hydrogens is 331 g/mol. The van der Waals surface area contributed by atoms with E-state index in [1.807, 2.05) is 25.1 Å². The van der Waals surface area contributed by atoms with Crippen molar-refractivity contribution >= 4 is 5.91 Å². The summed E-state index contributed by atoms with van der Waals surface area (Å²) in [4.78, 5) is 12.7. The summed E-state index contributed by atoms with van der Waals surface area (Å²) < 4.78 is 18.8. The monoisotopic (exact) mass is 352 g/mol. The minimum Gasteiger partial charge on any atom is -0.355 e. The number of aromatic nitrogens is 1. The Bertz CT molecular complexity index is 890. The van der Waals surface area contributed by atoms with Crippen LogP contribution in [0.4, 0.5) is 4.39 Å². The zero-order chi connectivity index (χ0) is 18.5. The molecule has 1 N–H and O–H groups in total. The molecule has 2 aromatic carbocycles. The van der Waals surface area contributed by atoms with Crippen LogP contribution in [-0.4, -0.2) is 17.1 Å². The van der Waals surface area contributed by atoms with E-state index in [0.717, 1.165) is 12.8 Å². The molecule has 5 heteroatoms. The average molecular weight is 352 g/mol. The molecule has 0 spiro atoms. The second kappa shape index (κ2) is 7.95. The van der Waals surface area contributed by atoms with E-state index in [2.05, 4.69) is 22.6 Å². The molecule has 1 amide bonds. The topological polar surface area (TPSA) is 55.1 Å². The lowest BCUT2D eigenvalue weighted by Crippen LogP contribution is -2.33. The maximum Gasteiger partial charge on any atom is 0.257 e. The fraction of sp³-hybridized carbons (Fsp3) is 0.238. The van der Waals surface area contributed by atoms with E-state index in [1.54, 1.807) is 19.1 Å². The second-order valence-electron chi connectivity index (χ2n) is 6.38. The first-order valence-electron chi connectivity index (χ1n) is 8.61. The summed E-state index contributed by atoms with van der Waals surface area (Å²) in [6, 6.07) is 16.1. The van der Waals surface area contributed by atoms with Crippen LogP contribution in [-0.2, 0) is 6.42 Å². The first-order chi connectivity index (χ1) is 12.5. The lowest BCUT2D eigenvalue weighted by atomic mass is 10.0. The smallest absolute Gasteiger partial charge is 0.257 e. The number of benzene rings is 2. The van der Waals surface area contributed by atoms with Crippen LogP contribution in [0.15, 0.2) is 59.1 Å². The lowest BCUT2D eigenvalue weighted by molar-refractivity contribution is 0.0938. The molecule has 0 fully saturated rings. The van der Waals surface area contributed by atoms with Gasteiger partial charge in [0.2, 0.25) is 0 Å². The van der Waals surface area contributed by atoms with Crippen molar-refractivity contribution in [3.8, 4) is 11.3 Å². The van der Waals surface area contributed by atoms with E-state index in [4.69, 9.17) is 4.52 Å². The van der Waals surface area contributed by atoms with E-state index in [1.165, 1.54) is 17.7 Å². The molecule has 1 unspecified atom stereocenters. The molecule has 0 saturated heterocycles. The molecule has 0 aliphatic rings. The summed E-state index contributed by atoms with van der Waals surface area (Å²) in [6.07, 6.45) is 1.69. The van der Waals surface area contributed by atoms with Crippen molar-refractivity contribution in [3.05, 3.63) is 77.2 Å². The third-order valence-corrected chi connectivity index (χ3v) is 4.26. The van der Waals surface area contributed by atoms with Crippen LogP contribution in [0.3, 0.4) is 0 Å². The van der Waals surface area contributed by atoms with Gasteiger partial charge in [-0.05, 0) is 44.4 Å². The quantitative estimate of drug-likeness (QED) is 0.708. The first kappa shape index (κ1) is 17.9. The van der Waals surface area contributed by atoms with Gasteiger partial charge in [0.25, 0.3) is 5.91 Å². The van der Waals surface area contributed by atoms with Gasteiger partial charge in [-0.25, -0.2) is 4.39 Å². The fourth-order valence-corrected chi connectivity index (χ4v) is 2.86. The van der Waals surface area contributed by atoms with Gasteiger partial charge in [-0.1, -0.05) is 47.6 Å². The van der Waals surface area contributed by atoms with Gasteiger partial charge in [0.15, 0.2) is 5.76 Å². The largest absolute Gasteiger partial charge is 0.355 e. The molecule has 0 aliphatic heterocycles. The molecule has 26 heavy (non-hydrogen) atoms. The summed E-state index contributed by atoms with van der Waals surface area (Å²) in [6.45, 7) is 3.67. The number of rotatable bonds is 6. The van der Waals surface area contributed by atoms with Gasteiger partial charge in [-0.15, -0.1) is 0 Å². The van der Waals surface area contributed by atoms with Crippen LogP contribution in [0, 0.1) is 12.7 Å². The molecule has 0 saturated carbocycles. The maximum absolute atomic E-state index is 13.5. The van der Waals surface area contributed by atoms with E-state index >= 15 is 0 Å². The summed E-state index contributed by atoms with van der Waals surface area (Å²) in [7, 11) is 0. The van der Waals surface area contributed by atoms with Gasteiger partial charge in [0, 0.05) is 11.6 Å². The SMILES string of the molecule is Cc1noc(-c2cccc(F)c2)c1C(=O)NC(C)CCc1ccccc1. The molecule has 134 valence electrons. The second-order valence-corrected chi connectivity index (χ2v) is 6.38. The van der Waals surface area contributed by atoms with Crippen LogP contribution in [0.1, 0.15) is 35.0 Å². The van der Waals surface area contributed by atoms with Crippen molar-refractivity contribution in [1.29, 1.82) is 0 Å². The van der Waals surface area contributed by atoms with E-state index < -0.39 is 0 Å². The highest BCUT2D eigenvalue weighted by Gasteiger charge is 2.23. The molecule has 3 aromatic rings. The zero-order valence-corrected chi connectivity index (χ0v) is 14.8. The van der Waals surface area contributed by atoms with Crippen molar-refractivity contribution < 1.29 is 13.7 Å². The Labute approximate surface area is 152 Å². The molecule has 0 bridgehead atoms. The highest BCUT2D eigenvalue weighted by Crippen LogP contribution is 2.26. The van der Waals surface area contributed by atoms with Gasteiger partial charge < -0.3 is 9.84 Å². The van der Waals surface area contributed by atoms with Crippen LogP contribution in [0.2, 0.25) is 0 Å². The van der Waals surface area contributed by atoms with Crippen LogP contribution < -0.4 is 5.32 Å². The number of aryl methyl sites for hydroxylation is 2. The molecule has 0 aliphatic carbocycles. The Hall–Kier alpha value is -2.95. The number of hydrogen-bond acceptors (Lipinski definition) is 3. The first-order valence-corrected chi connectivity index (χ1v) is 8.61. The van der Waals surface area contributed by atoms with Gasteiger partial charge in [0.1, 0.15) is 11.4 Å². The number of amides is 1. The Morgan fingerprint density at radius 3 is 2.69 bits per heavy atom. The van der Waals surface area contributed by atoms with Crippen molar-refractivity contribution in [2.75, 3.05) is 0 Å². The van der Waals surface area contributed by atoms with Gasteiger partial charge in [-0.3, -0.25) is 4.79 Å². The summed E-state index contributed by atoms with van der Waals surface area (Å²) in [5, 5.41) is 6.87. The predicted octanol–water partition coefficient (Wildman–Crippen LogP) is 4.54. The van der Waals surface area contributed by atoms with Crippen molar-refractivity contribution in [1.82, 2.24) is 10.5 Å². The van der Waals surface area contributed by atoms with E-state index in [-0.39, 0.29) is 23.5 Å². The summed E-state index contributed by atoms with van der Waals surface area (Å²) in [5.41, 5.74) is 2.56. The Morgan fingerprint density at radius 2 is 1.96 bits per heavy atom. The summed E-state index contributed by atoms with van der Waals surface area (Å²) in [5.74, 6) is -0.363. The van der Waals surface area contributed by atoms with Crippen LogP contribution in [0.25, 0.3) is 11.3 Å². The highest BCUT2D eigenvalue weighted by atomic mass is 19.1. The molecule has 4 nitrogen and oxygen atoms in total. The summed E-state index contributed by atoms with van der Waals surface area (Å²) >= 11 is 0. The van der Waals surface area contributed by atoms with Gasteiger partial charge in [0.05, 0.1) is 5.69 Å². The number of carbonyl (C=O) groups is 1. The Kier molecular flexibility index (Phi) is 5.46. The number of carbonyl (C=O) groups excluding carboxylic acids is 1. The molecule has 3 rings (SSSR count). The van der Waals surface area contributed by atoms with E-state index in [0.29, 0.717) is 16.8 Å². The Morgan fingerprint density at radius 1 is 1.19 bits per heavy atom. The molecule has 1 aromatic heterocycles. The minimum absolute atomic E-state index is 0.0163. The molecular formula is C21H21FN2O2. The average Bonchev–Trinajstić information content (AvgIpc) is 3.02. The number of hydrogen-bond donors (Lipinski definition) is 1. The maximum atomic E-state index is 13.5. The normalized spacial score (nSPS) is 12.0. The van der Waals surface area contributed by atoms with Crippen LogP contribution in [0.5, 0.6) is 0 Å². The Balaban J connectivity index is 1.71. The van der Waals surface area contributed by atoms with Crippen molar-refractivity contribution in [2.45, 2.75) is 32.7 Å². The van der Waals surface area contributed by atoms with Crippen LogP contribution >= 0.6 is 0 Å². The standard InChI is InChI=1S/C21H21FN2O2/c1-14(11-12-16-7-4-3-5-8-16)23-21(25)19-15(2)24-26-20(19)17-9-6-10-18(22)13-17/h3-10,13-14H,11-12H2,1-2H3,(H,23,25). The van der Waals surface area contributed by atoms with Crippen molar-refractivity contribution in [2.24, 2.45) is 0 Å². The van der Waals surface area contributed by atoms with Gasteiger partial charge >= 0.3 is 0 Å². The third-order valence-electron chi connectivity index (χ3n) is 4.26. The van der Waals surface area contributed by atoms with E-state index in [9.17, 15) is 9.18 Å². The number of nitrogens with zero attached hydrogens (tertiary/aromatic N) is 1. The molecule has 1 heterocycles. The lowest BCUT2D eigenvalue weighted by Gasteiger charge is -2.14. The number of halogens is 1. The third kappa shape index (κ3) is 4.17. The van der Waals surface area contributed by atoms with Gasteiger partial charge in [-0.2, -0.15) is 0 Å².